The monoisotopic (exact) mass is 774 g/mol. The molecule has 0 spiro atoms. The van der Waals surface area contributed by atoms with Gasteiger partial charge >= 0.3 is 21.1 Å². The second-order valence-electron chi connectivity index (χ2n) is 14.9. The van der Waals surface area contributed by atoms with Gasteiger partial charge in [0.1, 0.15) is 0 Å². The minimum absolute atomic E-state index is 0. The third kappa shape index (κ3) is 18.6. The second-order valence-corrected chi connectivity index (χ2v) is 14.9. The van der Waals surface area contributed by atoms with Crippen LogP contribution >= 0.6 is 0 Å². The van der Waals surface area contributed by atoms with E-state index < -0.39 is 23.9 Å². The van der Waals surface area contributed by atoms with Gasteiger partial charge in [-0.05, 0) is 101 Å². The van der Waals surface area contributed by atoms with Crippen LogP contribution in [0.2, 0.25) is 0 Å². The Labute approximate surface area is 312 Å². The minimum Gasteiger partial charge on any atom is -0.550 e. The average molecular weight is 773 g/mol. The molecule has 4 fully saturated rings. The number of carboxylic acid groups (broad SMARTS) is 4. The molecule has 0 aromatic carbocycles. The van der Waals surface area contributed by atoms with Gasteiger partial charge in [0.25, 0.3) is 0 Å². The Bertz CT molecular complexity index is 743. The molecule has 4 aliphatic rings. The predicted octanol–water partition coefficient (Wildman–Crippen LogP) is 5.37. The molecule has 0 radical (unpaired) electrons. The van der Waals surface area contributed by atoms with Gasteiger partial charge in [-0.3, -0.25) is 0 Å². The summed E-state index contributed by atoms with van der Waals surface area (Å²) in [6, 6.07) is 0. The minimum atomic E-state index is -0.843. The molecule has 0 saturated heterocycles. The van der Waals surface area contributed by atoms with Crippen molar-refractivity contribution in [1.29, 1.82) is 0 Å². The van der Waals surface area contributed by atoms with Crippen molar-refractivity contribution >= 4 is 23.9 Å². The van der Waals surface area contributed by atoms with Crippen LogP contribution in [0, 0.1) is 47.3 Å². The normalized spacial score (nSPS) is 21.6. The van der Waals surface area contributed by atoms with Crippen molar-refractivity contribution in [2.75, 3.05) is 0 Å². The largest absolute Gasteiger partial charge is 4.00 e. The van der Waals surface area contributed by atoms with Gasteiger partial charge in [0.15, 0.2) is 0 Å². The molecule has 0 N–H and O–H groups in total. The van der Waals surface area contributed by atoms with E-state index in [-0.39, 0.29) is 44.7 Å². The van der Waals surface area contributed by atoms with Crippen LogP contribution in [0.15, 0.2) is 0 Å². The molecule has 0 aliphatic heterocycles. The summed E-state index contributed by atoms with van der Waals surface area (Å²) in [6.07, 6.45) is 26.4. The fourth-order valence-electron chi connectivity index (χ4n) is 8.92. The van der Waals surface area contributed by atoms with Gasteiger partial charge in [-0.25, -0.2) is 0 Å². The number of hydrogen-bond donors (Lipinski definition) is 0. The quantitative estimate of drug-likeness (QED) is 0.240. The molecule has 0 aromatic rings. The molecule has 282 valence electrons. The van der Waals surface area contributed by atoms with Gasteiger partial charge in [-0.15, -0.1) is 0 Å². The summed E-state index contributed by atoms with van der Waals surface area (Å²) in [6.45, 7) is 7.76. The van der Waals surface area contributed by atoms with Crippen molar-refractivity contribution < 1.29 is 60.7 Å². The molecular formula is C40H68MoO8. The standard InChI is InChI=1S/4C10H18O2.Mo/c4*1-2-9(10(11)12)8-6-4-3-5-7-8;/h4*8-9H,2-7H2,1H3,(H,11,12);/q;;;;+4/p-4. The maximum atomic E-state index is 10.7. The van der Waals surface area contributed by atoms with E-state index in [4.69, 9.17) is 0 Å². The summed E-state index contributed by atoms with van der Waals surface area (Å²) in [4.78, 5) is 42.9. The van der Waals surface area contributed by atoms with Crippen molar-refractivity contribution in [3.05, 3.63) is 0 Å². The van der Waals surface area contributed by atoms with Gasteiger partial charge in [0.2, 0.25) is 0 Å². The zero-order chi connectivity index (χ0) is 35.9. The van der Waals surface area contributed by atoms with Crippen LogP contribution in [0.4, 0.5) is 0 Å². The van der Waals surface area contributed by atoms with Crippen molar-refractivity contribution in [1.82, 2.24) is 0 Å². The molecule has 4 aliphatic carbocycles. The Morgan fingerprint density at radius 3 is 0.612 bits per heavy atom. The summed E-state index contributed by atoms with van der Waals surface area (Å²) in [5.41, 5.74) is 0. The van der Waals surface area contributed by atoms with Crippen molar-refractivity contribution in [2.24, 2.45) is 47.3 Å². The first kappa shape index (κ1) is 47.6. The zero-order valence-corrected chi connectivity index (χ0v) is 33.3. The van der Waals surface area contributed by atoms with E-state index in [2.05, 4.69) is 0 Å². The topological polar surface area (TPSA) is 161 Å². The number of rotatable bonds is 12. The molecule has 4 atom stereocenters. The predicted molar refractivity (Wildman–Crippen MR) is 181 cm³/mol. The van der Waals surface area contributed by atoms with Crippen molar-refractivity contribution in [2.45, 2.75) is 182 Å². The third-order valence-electron chi connectivity index (χ3n) is 11.8. The van der Waals surface area contributed by atoms with Gasteiger partial charge in [0, 0.05) is 47.5 Å². The van der Waals surface area contributed by atoms with Gasteiger partial charge in [-0.2, -0.15) is 0 Å². The van der Waals surface area contributed by atoms with Gasteiger partial charge in [0.05, 0.1) is 0 Å². The van der Waals surface area contributed by atoms with Crippen molar-refractivity contribution in [3.8, 4) is 0 Å². The molecule has 8 nitrogen and oxygen atoms in total. The first-order chi connectivity index (χ1) is 23.0. The molecular weight excluding hydrogens is 704 g/mol. The van der Waals surface area contributed by atoms with E-state index in [1.807, 2.05) is 27.7 Å². The maximum Gasteiger partial charge on any atom is 4.00 e. The number of carboxylic acids is 4. The average Bonchev–Trinajstić information content (AvgIpc) is 3.08. The fraction of sp³-hybridized carbons (Fsp3) is 0.900. The van der Waals surface area contributed by atoms with E-state index in [1.165, 1.54) is 77.0 Å². The van der Waals surface area contributed by atoms with E-state index in [0.29, 0.717) is 23.7 Å². The number of aliphatic carboxylic acids is 4. The van der Waals surface area contributed by atoms with Crippen LogP contribution in [0.3, 0.4) is 0 Å². The van der Waals surface area contributed by atoms with E-state index in [9.17, 15) is 39.6 Å². The summed E-state index contributed by atoms with van der Waals surface area (Å²) in [7, 11) is 0. The van der Waals surface area contributed by atoms with E-state index in [0.717, 1.165) is 77.0 Å². The second kappa shape index (κ2) is 28.2. The Balaban J connectivity index is 0.000000623. The molecule has 0 amide bonds. The molecule has 0 aromatic heterocycles. The molecule has 49 heavy (non-hydrogen) atoms. The van der Waals surface area contributed by atoms with E-state index >= 15 is 0 Å². The SMILES string of the molecule is CCC(C(=O)[O-])C1CCCCC1.CCC(C(=O)[O-])C1CCCCC1.CCC(C(=O)[O-])C1CCCCC1.CCC(C(=O)[O-])C1CCCCC1.[Mo+4]. The Hall–Kier alpha value is -1.43. The van der Waals surface area contributed by atoms with Gasteiger partial charge < -0.3 is 39.6 Å². The number of hydrogen-bond acceptors (Lipinski definition) is 8. The number of carbonyl (C=O) groups is 4. The van der Waals surface area contributed by atoms with Crippen LogP contribution in [0.5, 0.6) is 0 Å². The molecule has 4 unspecified atom stereocenters. The Morgan fingerprint density at radius 1 is 0.367 bits per heavy atom. The Morgan fingerprint density at radius 2 is 0.510 bits per heavy atom. The fourth-order valence-corrected chi connectivity index (χ4v) is 8.92. The molecule has 0 bridgehead atoms. The summed E-state index contributed by atoms with van der Waals surface area (Å²) >= 11 is 0. The summed E-state index contributed by atoms with van der Waals surface area (Å²) in [5, 5.41) is 42.9. The van der Waals surface area contributed by atoms with Crippen LogP contribution in [0.25, 0.3) is 0 Å². The first-order valence-corrected chi connectivity index (χ1v) is 19.8. The molecule has 9 heteroatoms. The summed E-state index contributed by atoms with van der Waals surface area (Å²) in [5.74, 6) is -2.54. The number of carbonyl (C=O) groups excluding carboxylic acids is 4. The van der Waals surface area contributed by atoms with Crippen LogP contribution < -0.4 is 20.4 Å². The maximum absolute atomic E-state index is 10.7. The first-order valence-electron chi connectivity index (χ1n) is 19.8. The van der Waals surface area contributed by atoms with Crippen LogP contribution in [-0.4, -0.2) is 23.9 Å². The Kier molecular flexibility index (Phi) is 27.4. The van der Waals surface area contributed by atoms with Crippen LogP contribution in [-0.2, 0) is 40.2 Å². The van der Waals surface area contributed by atoms with Crippen molar-refractivity contribution in [3.63, 3.8) is 0 Å². The third-order valence-corrected chi connectivity index (χ3v) is 11.8. The van der Waals surface area contributed by atoms with Gasteiger partial charge in [-0.1, -0.05) is 105 Å². The molecule has 4 saturated carbocycles. The zero-order valence-electron chi connectivity index (χ0n) is 31.3. The summed E-state index contributed by atoms with van der Waals surface area (Å²) < 4.78 is 0. The van der Waals surface area contributed by atoms with E-state index in [1.54, 1.807) is 0 Å². The van der Waals surface area contributed by atoms with Crippen LogP contribution in [0.1, 0.15) is 182 Å². The molecule has 4 rings (SSSR count). The molecule has 0 heterocycles. The smallest absolute Gasteiger partial charge is 0.550 e.